The third kappa shape index (κ3) is 6.00. The number of carbonyl (C=O) groups is 2. The fourth-order valence-electron chi connectivity index (χ4n) is 2.15. The molecule has 2 amide bonds. The van der Waals surface area contributed by atoms with Crippen molar-refractivity contribution in [2.24, 2.45) is 5.92 Å². The number of para-hydroxylation sites is 1. The van der Waals surface area contributed by atoms with Crippen molar-refractivity contribution in [3.63, 3.8) is 0 Å². The van der Waals surface area contributed by atoms with E-state index in [1.165, 1.54) is 5.01 Å². The van der Waals surface area contributed by atoms with E-state index in [0.717, 1.165) is 12.8 Å². The van der Waals surface area contributed by atoms with E-state index in [2.05, 4.69) is 5.43 Å². The zero-order valence-corrected chi connectivity index (χ0v) is 13.8. The standard InChI is InChI=1S/C13H16N2O2.C4H10O2/c1-2-3-9-11-12(16)14-15(13(11)17)10-7-5-4-6-8-10;1-2-6-4-3-5/h4-8,11H,2-3,9H2,1H3,(H,14,16);5H,2-4H2,1H3. The molecule has 0 saturated carbocycles. The van der Waals surface area contributed by atoms with Crippen LogP contribution in [0.4, 0.5) is 5.69 Å². The summed E-state index contributed by atoms with van der Waals surface area (Å²) in [5.41, 5.74) is 3.34. The van der Waals surface area contributed by atoms with Gasteiger partial charge in [-0.05, 0) is 25.5 Å². The minimum absolute atomic E-state index is 0.133. The maximum Gasteiger partial charge on any atom is 0.258 e. The highest BCUT2D eigenvalue weighted by Gasteiger charge is 2.39. The fourth-order valence-corrected chi connectivity index (χ4v) is 2.15. The first-order chi connectivity index (χ1) is 11.2. The number of carbonyl (C=O) groups excluding carboxylic acids is 2. The summed E-state index contributed by atoms with van der Waals surface area (Å²) in [5.74, 6) is -0.850. The Kier molecular flexibility index (Phi) is 8.94. The lowest BCUT2D eigenvalue weighted by atomic mass is 10.0. The van der Waals surface area contributed by atoms with Crippen molar-refractivity contribution in [2.75, 3.05) is 24.8 Å². The Morgan fingerprint density at radius 2 is 1.91 bits per heavy atom. The van der Waals surface area contributed by atoms with E-state index in [1.807, 2.05) is 32.0 Å². The van der Waals surface area contributed by atoms with Crippen LogP contribution in [-0.2, 0) is 14.3 Å². The van der Waals surface area contributed by atoms with Crippen LogP contribution in [0.3, 0.4) is 0 Å². The lowest BCUT2D eigenvalue weighted by Crippen LogP contribution is -2.35. The van der Waals surface area contributed by atoms with Gasteiger partial charge in [-0.25, -0.2) is 5.01 Å². The van der Waals surface area contributed by atoms with E-state index < -0.39 is 5.92 Å². The third-order valence-corrected chi connectivity index (χ3v) is 3.36. The topological polar surface area (TPSA) is 78.9 Å². The van der Waals surface area contributed by atoms with E-state index in [9.17, 15) is 9.59 Å². The number of nitrogens with zero attached hydrogens (tertiary/aromatic N) is 1. The minimum Gasteiger partial charge on any atom is -0.394 e. The molecule has 1 aromatic carbocycles. The first-order valence-electron chi connectivity index (χ1n) is 8.03. The zero-order chi connectivity index (χ0) is 17.1. The molecule has 0 aliphatic carbocycles. The molecular formula is C17H26N2O4. The van der Waals surface area contributed by atoms with Crippen LogP contribution in [0, 0.1) is 5.92 Å². The average molecular weight is 322 g/mol. The predicted octanol–water partition coefficient (Wildman–Crippen LogP) is 1.89. The Labute approximate surface area is 137 Å². The van der Waals surface area contributed by atoms with Crippen LogP contribution in [0.5, 0.6) is 0 Å². The molecule has 1 aliphatic heterocycles. The molecule has 0 aromatic heterocycles. The van der Waals surface area contributed by atoms with Gasteiger partial charge in [0.05, 0.1) is 18.9 Å². The molecule has 6 nitrogen and oxygen atoms in total. The van der Waals surface area contributed by atoms with E-state index in [4.69, 9.17) is 9.84 Å². The number of anilines is 1. The highest BCUT2D eigenvalue weighted by molar-refractivity contribution is 6.14. The van der Waals surface area contributed by atoms with Crippen molar-refractivity contribution in [1.29, 1.82) is 0 Å². The van der Waals surface area contributed by atoms with Crippen molar-refractivity contribution in [3.8, 4) is 0 Å². The van der Waals surface area contributed by atoms with Crippen LogP contribution >= 0.6 is 0 Å². The summed E-state index contributed by atoms with van der Waals surface area (Å²) in [6.07, 6.45) is 2.51. The predicted molar refractivity (Wildman–Crippen MR) is 88.7 cm³/mol. The van der Waals surface area contributed by atoms with Gasteiger partial charge in [-0.1, -0.05) is 38.0 Å². The first kappa shape index (κ1) is 19.1. The van der Waals surface area contributed by atoms with E-state index in [-0.39, 0.29) is 18.4 Å². The van der Waals surface area contributed by atoms with Crippen LogP contribution in [0.1, 0.15) is 33.1 Å². The van der Waals surface area contributed by atoms with Gasteiger partial charge in [0.2, 0.25) is 0 Å². The number of ether oxygens (including phenoxy) is 1. The molecule has 1 aliphatic rings. The zero-order valence-electron chi connectivity index (χ0n) is 13.8. The number of amides is 2. The number of hydrazine groups is 1. The molecule has 1 fully saturated rings. The van der Waals surface area contributed by atoms with Gasteiger partial charge in [-0.3, -0.25) is 15.0 Å². The Hall–Kier alpha value is -1.92. The molecule has 2 rings (SSSR count). The van der Waals surface area contributed by atoms with Gasteiger partial charge in [0, 0.05) is 6.61 Å². The molecule has 1 saturated heterocycles. The normalized spacial score (nSPS) is 16.8. The van der Waals surface area contributed by atoms with Gasteiger partial charge in [0.25, 0.3) is 11.8 Å². The number of unbranched alkanes of at least 4 members (excludes halogenated alkanes) is 1. The van der Waals surface area contributed by atoms with Crippen molar-refractivity contribution in [3.05, 3.63) is 30.3 Å². The Bertz CT molecular complexity index is 475. The second-order valence-corrected chi connectivity index (χ2v) is 5.10. The summed E-state index contributed by atoms with van der Waals surface area (Å²) in [5, 5.41) is 9.42. The summed E-state index contributed by atoms with van der Waals surface area (Å²) in [6, 6.07) is 9.17. The molecule has 1 atom stereocenters. The number of aliphatic hydroxyl groups is 1. The molecule has 1 aromatic rings. The van der Waals surface area contributed by atoms with Crippen LogP contribution in [-0.4, -0.2) is 36.7 Å². The molecular weight excluding hydrogens is 296 g/mol. The Morgan fingerprint density at radius 1 is 1.22 bits per heavy atom. The summed E-state index contributed by atoms with van der Waals surface area (Å²) in [7, 11) is 0. The number of aliphatic hydroxyl groups excluding tert-OH is 1. The second-order valence-electron chi connectivity index (χ2n) is 5.10. The lowest BCUT2D eigenvalue weighted by molar-refractivity contribution is -0.127. The molecule has 0 spiro atoms. The molecule has 128 valence electrons. The van der Waals surface area contributed by atoms with Gasteiger partial charge in [-0.2, -0.15) is 0 Å². The van der Waals surface area contributed by atoms with E-state index in [1.54, 1.807) is 12.1 Å². The maximum absolute atomic E-state index is 12.1. The quantitative estimate of drug-likeness (QED) is 0.593. The van der Waals surface area contributed by atoms with Crippen LogP contribution in [0.2, 0.25) is 0 Å². The third-order valence-electron chi connectivity index (χ3n) is 3.36. The first-order valence-corrected chi connectivity index (χ1v) is 8.03. The van der Waals surface area contributed by atoms with Crippen molar-refractivity contribution >= 4 is 17.5 Å². The molecule has 1 heterocycles. The largest absolute Gasteiger partial charge is 0.394 e. The highest BCUT2D eigenvalue weighted by atomic mass is 16.5. The van der Waals surface area contributed by atoms with E-state index >= 15 is 0 Å². The van der Waals surface area contributed by atoms with Crippen LogP contribution < -0.4 is 10.4 Å². The number of hydrogen-bond donors (Lipinski definition) is 2. The molecule has 1 unspecified atom stereocenters. The van der Waals surface area contributed by atoms with Crippen molar-refractivity contribution in [2.45, 2.75) is 33.1 Å². The SMILES string of the molecule is CCCCC1C(=O)NN(c2ccccc2)C1=O.CCOCCO. The monoisotopic (exact) mass is 322 g/mol. The molecule has 6 heteroatoms. The summed E-state index contributed by atoms with van der Waals surface area (Å²) in [6.45, 7) is 5.24. The number of rotatable bonds is 7. The van der Waals surface area contributed by atoms with Crippen molar-refractivity contribution < 1.29 is 19.4 Å². The summed E-state index contributed by atoms with van der Waals surface area (Å²) < 4.78 is 4.73. The Balaban J connectivity index is 0.000000379. The van der Waals surface area contributed by atoms with Gasteiger partial charge in [0.1, 0.15) is 5.92 Å². The van der Waals surface area contributed by atoms with Gasteiger partial charge in [-0.15, -0.1) is 0 Å². The number of benzene rings is 1. The summed E-state index contributed by atoms with van der Waals surface area (Å²) >= 11 is 0. The van der Waals surface area contributed by atoms with Crippen LogP contribution in [0.15, 0.2) is 30.3 Å². The van der Waals surface area contributed by atoms with E-state index in [0.29, 0.717) is 25.3 Å². The van der Waals surface area contributed by atoms with Gasteiger partial charge >= 0.3 is 0 Å². The maximum atomic E-state index is 12.1. The molecule has 23 heavy (non-hydrogen) atoms. The Morgan fingerprint density at radius 3 is 2.43 bits per heavy atom. The van der Waals surface area contributed by atoms with Crippen LogP contribution in [0.25, 0.3) is 0 Å². The highest BCUT2D eigenvalue weighted by Crippen LogP contribution is 2.22. The average Bonchev–Trinajstić information content (AvgIpc) is 2.87. The molecule has 0 bridgehead atoms. The minimum atomic E-state index is -0.518. The lowest BCUT2D eigenvalue weighted by Gasteiger charge is -2.14. The van der Waals surface area contributed by atoms with Gasteiger partial charge < -0.3 is 9.84 Å². The second kappa shape index (κ2) is 10.7. The fraction of sp³-hybridized carbons (Fsp3) is 0.529. The number of nitrogens with one attached hydrogen (secondary N) is 1. The molecule has 0 radical (unpaired) electrons. The molecule has 2 N–H and O–H groups in total. The van der Waals surface area contributed by atoms with Gasteiger partial charge in [0.15, 0.2) is 0 Å². The number of hydrogen-bond acceptors (Lipinski definition) is 4. The van der Waals surface area contributed by atoms with Crippen molar-refractivity contribution in [1.82, 2.24) is 5.43 Å². The summed E-state index contributed by atoms with van der Waals surface area (Å²) in [4.78, 5) is 23.8. The smallest absolute Gasteiger partial charge is 0.258 e.